The van der Waals surface area contributed by atoms with Crippen LogP contribution in [0.5, 0.6) is 17.2 Å². The van der Waals surface area contributed by atoms with Crippen molar-refractivity contribution in [1.82, 2.24) is 0 Å². The molecule has 0 N–H and O–H groups in total. The molecule has 0 amide bonds. The van der Waals surface area contributed by atoms with E-state index in [4.69, 9.17) is 14.2 Å². The highest BCUT2D eigenvalue weighted by molar-refractivity contribution is 9.10. The van der Waals surface area contributed by atoms with Crippen molar-refractivity contribution in [3.8, 4) is 17.2 Å². The van der Waals surface area contributed by atoms with Crippen molar-refractivity contribution < 1.29 is 23.4 Å². The van der Waals surface area contributed by atoms with E-state index in [1.807, 2.05) is 18.2 Å². The van der Waals surface area contributed by atoms with Gasteiger partial charge in [0.1, 0.15) is 29.7 Å². The lowest BCUT2D eigenvalue weighted by Crippen LogP contribution is -1.99. The Hall–Kier alpha value is -3.12. The molecular formula is C23H16BrFO4. The number of carbonyl (C=O) groups excluding carboxylic acids is 1. The first-order valence-corrected chi connectivity index (χ1v) is 9.62. The van der Waals surface area contributed by atoms with E-state index in [9.17, 15) is 9.18 Å². The molecule has 3 aromatic rings. The number of ketones is 1. The summed E-state index contributed by atoms with van der Waals surface area (Å²) in [6, 6.07) is 16.7. The largest absolute Gasteiger partial charge is 0.496 e. The van der Waals surface area contributed by atoms with Crippen molar-refractivity contribution >= 4 is 27.8 Å². The van der Waals surface area contributed by atoms with Gasteiger partial charge >= 0.3 is 0 Å². The summed E-state index contributed by atoms with van der Waals surface area (Å²) in [4.78, 5) is 12.7. The summed E-state index contributed by atoms with van der Waals surface area (Å²) in [6.07, 6.45) is 1.66. The van der Waals surface area contributed by atoms with Gasteiger partial charge in [0.15, 0.2) is 5.76 Å². The minimum atomic E-state index is -0.292. The van der Waals surface area contributed by atoms with Gasteiger partial charge in [-0.15, -0.1) is 0 Å². The van der Waals surface area contributed by atoms with Gasteiger partial charge in [0.25, 0.3) is 0 Å². The third kappa shape index (κ3) is 4.17. The van der Waals surface area contributed by atoms with Crippen molar-refractivity contribution in [2.24, 2.45) is 0 Å². The molecule has 0 spiro atoms. The lowest BCUT2D eigenvalue weighted by molar-refractivity contribution is 0.101. The van der Waals surface area contributed by atoms with Crippen LogP contribution in [0.3, 0.4) is 0 Å². The lowest BCUT2D eigenvalue weighted by Gasteiger charge is -2.07. The minimum Gasteiger partial charge on any atom is -0.496 e. The average Bonchev–Trinajstić information content (AvgIpc) is 3.02. The molecule has 0 saturated carbocycles. The first-order valence-electron chi connectivity index (χ1n) is 8.82. The number of rotatable bonds is 5. The van der Waals surface area contributed by atoms with E-state index < -0.39 is 0 Å². The molecule has 1 heterocycles. The number of fused-ring (bicyclic) bond motifs is 1. The molecule has 146 valence electrons. The van der Waals surface area contributed by atoms with Gasteiger partial charge in [-0.2, -0.15) is 0 Å². The van der Waals surface area contributed by atoms with E-state index in [2.05, 4.69) is 15.9 Å². The average molecular weight is 455 g/mol. The Morgan fingerprint density at radius 1 is 1.07 bits per heavy atom. The monoisotopic (exact) mass is 454 g/mol. The molecule has 1 aliphatic heterocycles. The van der Waals surface area contributed by atoms with Crippen LogP contribution in [0.2, 0.25) is 0 Å². The number of allylic oxidation sites excluding steroid dienone is 1. The number of hydrogen-bond donors (Lipinski definition) is 0. The number of hydrogen-bond acceptors (Lipinski definition) is 4. The van der Waals surface area contributed by atoms with Crippen LogP contribution in [-0.4, -0.2) is 12.9 Å². The fraction of sp³-hybridized carbons (Fsp3) is 0.0870. The third-order valence-electron chi connectivity index (χ3n) is 4.44. The summed E-state index contributed by atoms with van der Waals surface area (Å²) in [5.41, 5.74) is 2.04. The smallest absolute Gasteiger partial charge is 0.231 e. The van der Waals surface area contributed by atoms with Crippen LogP contribution in [0.15, 0.2) is 70.9 Å². The van der Waals surface area contributed by atoms with E-state index >= 15 is 0 Å². The van der Waals surface area contributed by atoms with Crippen LogP contribution in [-0.2, 0) is 6.61 Å². The topological polar surface area (TPSA) is 44.8 Å². The fourth-order valence-corrected chi connectivity index (χ4v) is 3.34. The van der Waals surface area contributed by atoms with E-state index in [1.165, 1.54) is 12.1 Å². The molecule has 0 bridgehead atoms. The molecule has 0 aromatic heterocycles. The molecule has 4 nitrogen and oxygen atoms in total. The third-order valence-corrected chi connectivity index (χ3v) is 4.93. The Kier molecular flexibility index (Phi) is 5.36. The van der Waals surface area contributed by atoms with Crippen LogP contribution in [0.1, 0.15) is 21.5 Å². The highest BCUT2D eigenvalue weighted by Gasteiger charge is 2.28. The molecule has 0 radical (unpaired) electrons. The molecule has 0 saturated heterocycles. The summed E-state index contributed by atoms with van der Waals surface area (Å²) >= 11 is 3.42. The van der Waals surface area contributed by atoms with E-state index in [0.717, 1.165) is 15.6 Å². The van der Waals surface area contributed by atoms with Crippen molar-refractivity contribution in [2.75, 3.05) is 7.11 Å². The van der Waals surface area contributed by atoms with Gasteiger partial charge in [-0.25, -0.2) is 4.39 Å². The van der Waals surface area contributed by atoms with Crippen molar-refractivity contribution in [1.29, 1.82) is 0 Å². The molecule has 0 unspecified atom stereocenters. The molecule has 3 aromatic carbocycles. The summed E-state index contributed by atoms with van der Waals surface area (Å²) in [6.45, 7) is 0.283. The number of Topliss-reactive ketones (excluding diaryl/α,β-unsaturated/α-hetero) is 1. The molecule has 0 fully saturated rings. The van der Waals surface area contributed by atoms with Crippen LogP contribution < -0.4 is 14.2 Å². The maximum atomic E-state index is 13.0. The van der Waals surface area contributed by atoms with Gasteiger partial charge in [-0.1, -0.05) is 28.1 Å². The van der Waals surface area contributed by atoms with Crippen molar-refractivity contribution in [2.45, 2.75) is 6.61 Å². The van der Waals surface area contributed by atoms with Gasteiger partial charge < -0.3 is 14.2 Å². The standard InChI is InChI=1S/C23H16BrFO4/c1-27-20-9-4-16(24)10-15(20)11-22-23(26)19-8-7-18(12-21(19)29-22)28-13-14-2-5-17(25)6-3-14/h2-12H,13H2,1H3. The molecule has 0 aliphatic carbocycles. The fourth-order valence-electron chi connectivity index (χ4n) is 2.96. The summed E-state index contributed by atoms with van der Waals surface area (Å²) in [5.74, 6) is 1.35. The SMILES string of the molecule is COc1ccc(Br)cc1C=C1Oc2cc(OCc3ccc(F)cc3)ccc2C1=O. The van der Waals surface area contributed by atoms with Crippen LogP contribution in [0.4, 0.5) is 4.39 Å². The first-order chi connectivity index (χ1) is 14.0. The molecule has 29 heavy (non-hydrogen) atoms. The van der Waals surface area contributed by atoms with Gasteiger partial charge in [0, 0.05) is 16.1 Å². The number of halogens is 2. The zero-order valence-electron chi connectivity index (χ0n) is 15.4. The Balaban J connectivity index is 1.54. The second-order valence-corrected chi connectivity index (χ2v) is 7.31. The van der Waals surface area contributed by atoms with Gasteiger partial charge in [0.2, 0.25) is 5.78 Å². The van der Waals surface area contributed by atoms with Gasteiger partial charge in [0.05, 0.1) is 12.7 Å². The molecular weight excluding hydrogens is 439 g/mol. The zero-order chi connectivity index (χ0) is 20.4. The summed E-state index contributed by atoms with van der Waals surface area (Å²) in [5, 5.41) is 0. The van der Waals surface area contributed by atoms with E-state index in [0.29, 0.717) is 22.8 Å². The van der Waals surface area contributed by atoms with E-state index in [1.54, 1.807) is 43.5 Å². The quantitative estimate of drug-likeness (QED) is 0.457. The molecule has 1 aliphatic rings. The Labute approximate surface area is 175 Å². The molecule has 0 atom stereocenters. The Morgan fingerprint density at radius 3 is 2.62 bits per heavy atom. The number of carbonyl (C=O) groups is 1. The second kappa shape index (κ2) is 8.09. The normalized spacial score (nSPS) is 13.9. The number of benzene rings is 3. The minimum absolute atomic E-state index is 0.202. The maximum absolute atomic E-state index is 13.0. The van der Waals surface area contributed by atoms with E-state index in [-0.39, 0.29) is 24.0 Å². The first kappa shape index (κ1) is 19.2. The van der Waals surface area contributed by atoms with Gasteiger partial charge in [-0.3, -0.25) is 4.79 Å². The Morgan fingerprint density at radius 2 is 1.86 bits per heavy atom. The summed E-state index contributed by atoms with van der Waals surface area (Å²) < 4.78 is 30.7. The number of ether oxygens (including phenoxy) is 3. The maximum Gasteiger partial charge on any atom is 0.231 e. The second-order valence-electron chi connectivity index (χ2n) is 6.40. The van der Waals surface area contributed by atoms with Crippen LogP contribution >= 0.6 is 15.9 Å². The lowest BCUT2D eigenvalue weighted by atomic mass is 10.1. The highest BCUT2D eigenvalue weighted by atomic mass is 79.9. The van der Waals surface area contributed by atoms with Crippen LogP contribution in [0, 0.1) is 5.82 Å². The van der Waals surface area contributed by atoms with Crippen molar-refractivity contribution in [3.63, 3.8) is 0 Å². The predicted octanol–water partition coefficient (Wildman–Crippen LogP) is 5.79. The Bertz CT molecular complexity index is 1110. The number of methoxy groups -OCH3 is 1. The predicted molar refractivity (Wildman–Crippen MR) is 111 cm³/mol. The van der Waals surface area contributed by atoms with Crippen LogP contribution in [0.25, 0.3) is 6.08 Å². The summed E-state index contributed by atoms with van der Waals surface area (Å²) in [7, 11) is 1.57. The highest BCUT2D eigenvalue weighted by Crippen LogP contribution is 2.36. The molecule has 6 heteroatoms. The van der Waals surface area contributed by atoms with Gasteiger partial charge in [-0.05, 0) is 54.1 Å². The molecule has 4 rings (SSSR count). The van der Waals surface area contributed by atoms with Crippen molar-refractivity contribution in [3.05, 3.63) is 93.4 Å². The zero-order valence-corrected chi connectivity index (χ0v) is 17.0.